The standard InChI is InChI=1S/C18H17FN4O5/c1-10(17(24)22-13-5-6-14(19)15(8-13)23(26)27)28-18(25)11-2-7-16(20-9-11)21-12-3-4-12/h2,5-10,12H,3-4H2,1H3,(H,20,21)(H,22,24). The molecule has 1 unspecified atom stereocenters. The van der Waals surface area contributed by atoms with Crippen LogP contribution >= 0.6 is 0 Å². The molecule has 2 aromatic rings. The Labute approximate surface area is 159 Å². The molecule has 2 N–H and O–H groups in total. The Kier molecular flexibility index (Phi) is 5.48. The number of nitrogens with one attached hydrogen (secondary N) is 2. The van der Waals surface area contributed by atoms with Crippen molar-refractivity contribution in [3.05, 3.63) is 58.0 Å². The maximum atomic E-state index is 13.3. The summed E-state index contributed by atoms with van der Waals surface area (Å²) < 4.78 is 18.4. The van der Waals surface area contributed by atoms with Crippen LogP contribution in [0, 0.1) is 15.9 Å². The zero-order valence-electron chi connectivity index (χ0n) is 14.8. The summed E-state index contributed by atoms with van der Waals surface area (Å²) in [5, 5.41) is 16.3. The number of nitro benzene ring substituents is 1. The highest BCUT2D eigenvalue weighted by Crippen LogP contribution is 2.24. The molecule has 9 nitrogen and oxygen atoms in total. The second kappa shape index (κ2) is 7.99. The Morgan fingerprint density at radius 3 is 2.68 bits per heavy atom. The van der Waals surface area contributed by atoms with Gasteiger partial charge in [-0.15, -0.1) is 0 Å². The number of benzene rings is 1. The third-order valence-electron chi connectivity index (χ3n) is 3.99. The monoisotopic (exact) mass is 388 g/mol. The molecule has 1 heterocycles. The number of pyridine rings is 1. The molecule has 1 aliphatic rings. The van der Waals surface area contributed by atoms with Gasteiger partial charge in [-0.2, -0.15) is 4.39 Å². The molecular formula is C18H17FN4O5. The van der Waals surface area contributed by atoms with Gasteiger partial charge >= 0.3 is 11.7 Å². The number of aromatic nitrogens is 1. The summed E-state index contributed by atoms with van der Waals surface area (Å²) in [4.78, 5) is 38.3. The van der Waals surface area contributed by atoms with Crippen LogP contribution < -0.4 is 10.6 Å². The van der Waals surface area contributed by atoms with E-state index in [9.17, 15) is 24.1 Å². The van der Waals surface area contributed by atoms with Crippen LogP contribution in [0.5, 0.6) is 0 Å². The molecule has 1 atom stereocenters. The lowest BCUT2D eigenvalue weighted by molar-refractivity contribution is -0.387. The second-order valence-corrected chi connectivity index (χ2v) is 6.31. The van der Waals surface area contributed by atoms with Gasteiger partial charge in [0.25, 0.3) is 5.91 Å². The van der Waals surface area contributed by atoms with Gasteiger partial charge < -0.3 is 15.4 Å². The predicted molar refractivity (Wildman–Crippen MR) is 97.4 cm³/mol. The van der Waals surface area contributed by atoms with E-state index in [4.69, 9.17) is 4.74 Å². The average molecular weight is 388 g/mol. The Hall–Kier alpha value is -3.56. The van der Waals surface area contributed by atoms with Gasteiger partial charge in [-0.3, -0.25) is 14.9 Å². The lowest BCUT2D eigenvalue weighted by atomic mass is 10.2. The van der Waals surface area contributed by atoms with Gasteiger partial charge in [0.05, 0.1) is 10.5 Å². The number of hydrogen-bond donors (Lipinski definition) is 2. The number of carbonyl (C=O) groups is 2. The number of nitrogens with zero attached hydrogens (tertiary/aromatic N) is 2. The fourth-order valence-corrected chi connectivity index (χ4v) is 2.29. The average Bonchev–Trinajstić information content (AvgIpc) is 3.47. The molecule has 1 amide bonds. The fourth-order valence-electron chi connectivity index (χ4n) is 2.29. The highest BCUT2D eigenvalue weighted by Gasteiger charge is 2.23. The smallest absolute Gasteiger partial charge is 0.340 e. The molecule has 146 valence electrons. The summed E-state index contributed by atoms with van der Waals surface area (Å²) in [6, 6.07) is 6.54. The van der Waals surface area contributed by atoms with Crippen LogP contribution in [0.25, 0.3) is 0 Å². The summed E-state index contributed by atoms with van der Waals surface area (Å²) >= 11 is 0. The molecule has 0 bridgehead atoms. The van der Waals surface area contributed by atoms with Crippen molar-refractivity contribution in [3.8, 4) is 0 Å². The molecule has 28 heavy (non-hydrogen) atoms. The summed E-state index contributed by atoms with van der Waals surface area (Å²) in [6.07, 6.45) is 2.35. The van der Waals surface area contributed by atoms with Gasteiger partial charge in [0.15, 0.2) is 6.10 Å². The van der Waals surface area contributed by atoms with Gasteiger partial charge in [-0.05, 0) is 44.0 Å². The first kappa shape index (κ1) is 19.2. The van der Waals surface area contributed by atoms with Crippen LogP contribution in [-0.4, -0.2) is 33.9 Å². The lowest BCUT2D eigenvalue weighted by Crippen LogP contribution is -2.30. The molecule has 1 saturated carbocycles. The zero-order chi connectivity index (χ0) is 20.3. The summed E-state index contributed by atoms with van der Waals surface area (Å²) in [7, 11) is 0. The molecule has 1 aliphatic carbocycles. The van der Waals surface area contributed by atoms with Crippen molar-refractivity contribution in [1.82, 2.24) is 4.98 Å². The SMILES string of the molecule is CC(OC(=O)c1ccc(NC2CC2)nc1)C(=O)Nc1ccc(F)c([N+](=O)[O-])c1. The summed E-state index contributed by atoms with van der Waals surface area (Å²) in [6.45, 7) is 1.35. The van der Waals surface area contributed by atoms with Gasteiger partial charge in [0.1, 0.15) is 5.82 Å². The van der Waals surface area contributed by atoms with Crippen molar-refractivity contribution in [2.75, 3.05) is 10.6 Å². The highest BCUT2D eigenvalue weighted by atomic mass is 19.1. The molecule has 0 radical (unpaired) electrons. The van der Waals surface area contributed by atoms with E-state index in [-0.39, 0.29) is 11.3 Å². The van der Waals surface area contributed by atoms with Crippen molar-refractivity contribution in [3.63, 3.8) is 0 Å². The van der Waals surface area contributed by atoms with Crippen LogP contribution in [0.15, 0.2) is 36.5 Å². The second-order valence-electron chi connectivity index (χ2n) is 6.31. The Morgan fingerprint density at radius 1 is 1.32 bits per heavy atom. The highest BCUT2D eigenvalue weighted by molar-refractivity contribution is 5.97. The molecular weight excluding hydrogens is 371 g/mol. The Morgan fingerprint density at radius 2 is 2.07 bits per heavy atom. The topological polar surface area (TPSA) is 123 Å². The van der Waals surface area contributed by atoms with Crippen molar-refractivity contribution in [1.29, 1.82) is 0 Å². The number of esters is 1. The number of anilines is 2. The first-order chi connectivity index (χ1) is 13.3. The van der Waals surface area contributed by atoms with Gasteiger partial charge in [-0.1, -0.05) is 0 Å². The first-order valence-corrected chi connectivity index (χ1v) is 8.52. The van der Waals surface area contributed by atoms with E-state index in [1.165, 1.54) is 25.3 Å². The minimum atomic E-state index is -1.18. The Bertz CT molecular complexity index is 915. The van der Waals surface area contributed by atoms with Gasteiger partial charge in [-0.25, -0.2) is 9.78 Å². The molecule has 0 spiro atoms. The molecule has 1 aromatic heterocycles. The van der Waals surface area contributed by atoms with E-state index < -0.39 is 34.4 Å². The van der Waals surface area contributed by atoms with E-state index in [1.807, 2.05) is 0 Å². The van der Waals surface area contributed by atoms with Crippen LogP contribution in [-0.2, 0) is 9.53 Å². The van der Waals surface area contributed by atoms with E-state index >= 15 is 0 Å². The van der Waals surface area contributed by atoms with Crippen molar-refractivity contribution < 1.29 is 23.6 Å². The minimum absolute atomic E-state index is 0.0122. The molecule has 0 saturated heterocycles. The minimum Gasteiger partial charge on any atom is -0.449 e. The largest absolute Gasteiger partial charge is 0.449 e. The Balaban J connectivity index is 1.58. The van der Waals surface area contributed by atoms with Gasteiger partial charge in [0, 0.05) is 24.0 Å². The molecule has 10 heteroatoms. The number of amides is 1. The summed E-state index contributed by atoms with van der Waals surface area (Å²) in [5.41, 5.74) is -0.579. The molecule has 1 aromatic carbocycles. The quantitative estimate of drug-likeness (QED) is 0.425. The first-order valence-electron chi connectivity index (χ1n) is 8.52. The van der Waals surface area contributed by atoms with E-state index in [0.29, 0.717) is 11.9 Å². The molecule has 1 fully saturated rings. The van der Waals surface area contributed by atoms with Crippen LogP contribution in [0.3, 0.4) is 0 Å². The number of nitro groups is 1. The number of hydrogen-bond acceptors (Lipinski definition) is 7. The lowest BCUT2D eigenvalue weighted by Gasteiger charge is -2.13. The molecule has 0 aliphatic heterocycles. The normalized spacial score (nSPS) is 14.1. The fraction of sp³-hybridized carbons (Fsp3) is 0.278. The van der Waals surface area contributed by atoms with Crippen molar-refractivity contribution in [2.24, 2.45) is 0 Å². The third kappa shape index (κ3) is 4.78. The zero-order valence-corrected chi connectivity index (χ0v) is 14.8. The third-order valence-corrected chi connectivity index (χ3v) is 3.99. The number of rotatable bonds is 7. The predicted octanol–water partition coefficient (Wildman–Crippen LogP) is 2.89. The van der Waals surface area contributed by atoms with Crippen LogP contribution in [0.1, 0.15) is 30.1 Å². The van der Waals surface area contributed by atoms with Crippen molar-refractivity contribution in [2.45, 2.75) is 31.9 Å². The number of ether oxygens (including phenoxy) is 1. The molecule has 3 rings (SSSR count). The van der Waals surface area contributed by atoms with Crippen LogP contribution in [0.4, 0.5) is 21.6 Å². The maximum Gasteiger partial charge on any atom is 0.340 e. The maximum absolute atomic E-state index is 13.3. The number of carbonyl (C=O) groups excluding carboxylic acids is 2. The van der Waals surface area contributed by atoms with E-state index in [2.05, 4.69) is 15.6 Å². The van der Waals surface area contributed by atoms with Gasteiger partial charge in [0.2, 0.25) is 5.82 Å². The van der Waals surface area contributed by atoms with E-state index in [0.717, 1.165) is 25.0 Å². The van der Waals surface area contributed by atoms with Crippen LogP contribution in [0.2, 0.25) is 0 Å². The summed E-state index contributed by atoms with van der Waals surface area (Å²) in [5.74, 6) is -1.82. The van der Waals surface area contributed by atoms with Crippen molar-refractivity contribution >= 4 is 29.1 Å². The van der Waals surface area contributed by atoms with E-state index in [1.54, 1.807) is 6.07 Å². The number of halogens is 1.